The van der Waals surface area contributed by atoms with Crippen LogP contribution in [-0.2, 0) is 0 Å². The van der Waals surface area contributed by atoms with Gasteiger partial charge in [0.2, 0.25) is 0 Å². The number of aromatic nitrogens is 2. The van der Waals surface area contributed by atoms with E-state index in [-0.39, 0.29) is 0 Å². The molecule has 0 saturated heterocycles. The van der Waals surface area contributed by atoms with Crippen LogP contribution in [0.3, 0.4) is 0 Å². The molecule has 0 fully saturated rings. The third kappa shape index (κ3) is 1.21. The first-order valence-corrected chi connectivity index (χ1v) is 4.65. The Hall–Kier alpha value is -1.64. The molecule has 2 aromatic heterocycles. The number of rotatable bonds is 2. The van der Waals surface area contributed by atoms with Crippen molar-refractivity contribution in [2.24, 2.45) is 0 Å². The predicted octanol–water partition coefficient (Wildman–Crippen LogP) is 2.27. The van der Waals surface area contributed by atoms with Crippen molar-refractivity contribution in [3.63, 3.8) is 0 Å². The Bertz CT molecular complexity index is 471. The van der Waals surface area contributed by atoms with Crippen molar-refractivity contribution in [2.45, 2.75) is 19.8 Å². The highest BCUT2D eigenvalue weighted by atomic mass is 16.1. The maximum atomic E-state index is 10.8. The van der Waals surface area contributed by atoms with E-state index in [4.69, 9.17) is 0 Å². The minimum atomic E-state index is 0.381. The predicted molar refractivity (Wildman–Crippen MR) is 54.7 cm³/mol. The Morgan fingerprint density at radius 2 is 2.21 bits per heavy atom. The van der Waals surface area contributed by atoms with Crippen LogP contribution in [0, 0.1) is 0 Å². The highest BCUT2D eigenvalue weighted by Crippen LogP contribution is 2.17. The van der Waals surface area contributed by atoms with Crippen molar-refractivity contribution in [3.05, 3.63) is 35.8 Å². The molecule has 0 saturated carbocycles. The van der Waals surface area contributed by atoms with Gasteiger partial charge in [-0.15, -0.1) is 0 Å². The Balaban J connectivity index is 2.81. The number of pyridine rings is 1. The normalized spacial score (nSPS) is 11.1. The molecule has 2 aromatic rings. The van der Waals surface area contributed by atoms with Crippen LogP contribution in [0.4, 0.5) is 0 Å². The van der Waals surface area contributed by atoms with Gasteiger partial charge in [-0.25, -0.2) is 4.98 Å². The fraction of sp³-hybridized carbons (Fsp3) is 0.273. The number of aldehydes is 1. The van der Waals surface area contributed by atoms with Crippen molar-refractivity contribution in [1.29, 1.82) is 0 Å². The first-order chi connectivity index (χ1) is 6.74. The zero-order valence-electron chi connectivity index (χ0n) is 8.27. The molecule has 0 amide bonds. The molecule has 0 bridgehead atoms. The molecule has 72 valence electrons. The van der Waals surface area contributed by atoms with Gasteiger partial charge in [0, 0.05) is 5.69 Å². The molecule has 2 heterocycles. The molecule has 3 nitrogen and oxygen atoms in total. The van der Waals surface area contributed by atoms with E-state index < -0.39 is 0 Å². The van der Waals surface area contributed by atoms with Crippen molar-refractivity contribution in [3.8, 4) is 0 Å². The summed E-state index contributed by atoms with van der Waals surface area (Å²) < 4.78 is 1.90. The minimum Gasteiger partial charge on any atom is -0.296 e. The van der Waals surface area contributed by atoms with Gasteiger partial charge in [-0.2, -0.15) is 0 Å². The molecule has 0 aliphatic carbocycles. The van der Waals surface area contributed by atoms with Gasteiger partial charge < -0.3 is 0 Å². The number of carbonyl (C=O) groups excluding carboxylic acids is 1. The first-order valence-electron chi connectivity index (χ1n) is 4.65. The van der Waals surface area contributed by atoms with Crippen molar-refractivity contribution >= 4 is 11.9 Å². The van der Waals surface area contributed by atoms with Gasteiger partial charge in [-0.1, -0.05) is 19.9 Å². The van der Waals surface area contributed by atoms with Crippen LogP contribution >= 0.6 is 0 Å². The van der Waals surface area contributed by atoms with E-state index in [1.165, 1.54) is 0 Å². The third-order valence-corrected chi connectivity index (χ3v) is 2.30. The quantitative estimate of drug-likeness (QED) is 0.677. The van der Waals surface area contributed by atoms with Gasteiger partial charge in [0.1, 0.15) is 11.3 Å². The summed E-state index contributed by atoms with van der Waals surface area (Å²) in [6.45, 7) is 4.20. The lowest BCUT2D eigenvalue weighted by Crippen LogP contribution is -2.01. The van der Waals surface area contributed by atoms with Gasteiger partial charge in [-0.3, -0.25) is 9.20 Å². The van der Waals surface area contributed by atoms with E-state index in [9.17, 15) is 4.79 Å². The standard InChI is InChI=1S/C11H12N2O/c1-8(2)10-4-3-5-11-12-6-9(7-14)13(10)11/h3-8H,1-2H3. The smallest absolute Gasteiger partial charge is 0.168 e. The highest BCUT2D eigenvalue weighted by molar-refractivity contribution is 5.74. The van der Waals surface area contributed by atoms with Gasteiger partial charge in [0.15, 0.2) is 6.29 Å². The fourth-order valence-corrected chi connectivity index (χ4v) is 1.62. The summed E-state index contributed by atoms with van der Waals surface area (Å²) in [7, 11) is 0. The van der Waals surface area contributed by atoms with E-state index >= 15 is 0 Å². The van der Waals surface area contributed by atoms with Crippen molar-refractivity contribution in [1.82, 2.24) is 9.38 Å². The monoisotopic (exact) mass is 188 g/mol. The maximum absolute atomic E-state index is 10.8. The summed E-state index contributed by atoms with van der Waals surface area (Å²) in [6, 6.07) is 5.89. The van der Waals surface area contributed by atoms with Gasteiger partial charge in [-0.05, 0) is 18.1 Å². The molecular weight excluding hydrogens is 176 g/mol. The van der Waals surface area contributed by atoms with E-state index in [0.717, 1.165) is 17.6 Å². The molecule has 0 aromatic carbocycles. The number of hydrogen-bond donors (Lipinski definition) is 0. The van der Waals surface area contributed by atoms with Crippen LogP contribution in [0.25, 0.3) is 5.65 Å². The Morgan fingerprint density at radius 1 is 1.43 bits per heavy atom. The molecule has 3 heteroatoms. The SMILES string of the molecule is CC(C)c1cccc2ncc(C=O)n12. The van der Waals surface area contributed by atoms with Crippen LogP contribution in [0.15, 0.2) is 24.4 Å². The summed E-state index contributed by atoms with van der Waals surface area (Å²) in [6.07, 6.45) is 2.44. The Morgan fingerprint density at radius 3 is 2.86 bits per heavy atom. The van der Waals surface area contributed by atoms with Crippen molar-refractivity contribution < 1.29 is 4.79 Å². The molecule has 0 radical (unpaired) electrons. The summed E-state index contributed by atoms with van der Waals surface area (Å²) in [5.41, 5.74) is 2.56. The summed E-state index contributed by atoms with van der Waals surface area (Å²) in [5.74, 6) is 0.381. The van der Waals surface area contributed by atoms with Crippen LogP contribution in [0.5, 0.6) is 0 Å². The molecule has 0 atom stereocenters. The van der Waals surface area contributed by atoms with Crippen LogP contribution < -0.4 is 0 Å². The number of carbonyl (C=O) groups is 1. The molecule has 0 unspecified atom stereocenters. The first kappa shape index (κ1) is 8.94. The zero-order valence-corrected chi connectivity index (χ0v) is 8.27. The van der Waals surface area contributed by atoms with E-state index in [1.807, 2.05) is 22.6 Å². The van der Waals surface area contributed by atoms with Gasteiger partial charge in [0.25, 0.3) is 0 Å². The molecule has 14 heavy (non-hydrogen) atoms. The molecule has 2 rings (SSSR count). The number of fused-ring (bicyclic) bond motifs is 1. The van der Waals surface area contributed by atoms with Crippen molar-refractivity contribution in [2.75, 3.05) is 0 Å². The van der Waals surface area contributed by atoms with E-state index in [2.05, 4.69) is 18.8 Å². The fourth-order valence-electron chi connectivity index (χ4n) is 1.62. The second kappa shape index (κ2) is 3.25. The van der Waals surface area contributed by atoms with E-state index in [1.54, 1.807) is 6.20 Å². The zero-order chi connectivity index (χ0) is 10.1. The molecule has 0 aliphatic heterocycles. The van der Waals surface area contributed by atoms with Gasteiger partial charge in [0.05, 0.1) is 6.20 Å². The number of nitrogens with zero attached hydrogens (tertiary/aromatic N) is 2. The Labute approximate surface area is 82.4 Å². The number of imidazole rings is 1. The summed E-state index contributed by atoms with van der Waals surface area (Å²) in [4.78, 5) is 15.0. The lowest BCUT2D eigenvalue weighted by molar-refractivity contribution is 0.111. The average Bonchev–Trinajstić information content (AvgIpc) is 2.59. The number of hydrogen-bond acceptors (Lipinski definition) is 2. The summed E-state index contributed by atoms with van der Waals surface area (Å²) in [5, 5.41) is 0. The van der Waals surface area contributed by atoms with Gasteiger partial charge >= 0.3 is 0 Å². The van der Waals surface area contributed by atoms with Crippen LogP contribution in [-0.4, -0.2) is 15.7 Å². The topological polar surface area (TPSA) is 34.4 Å². The highest BCUT2D eigenvalue weighted by Gasteiger charge is 2.08. The molecule has 0 spiro atoms. The third-order valence-electron chi connectivity index (χ3n) is 2.30. The second-order valence-electron chi connectivity index (χ2n) is 3.60. The maximum Gasteiger partial charge on any atom is 0.168 e. The van der Waals surface area contributed by atoms with Crippen LogP contribution in [0.1, 0.15) is 35.9 Å². The lowest BCUT2D eigenvalue weighted by Gasteiger charge is -2.09. The molecule has 0 N–H and O–H groups in total. The minimum absolute atomic E-state index is 0.381. The largest absolute Gasteiger partial charge is 0.296 e. The lowest BCUT2D eigenvalue weighted by atomic mass is 10.1. The average molecular weight is 188 g/mol. The molecular formula is C11H12N2O. The molecule has 0 aliphatic rings. The van der Waals surface area contributed by atoms with E-state index in [0.29, 0.717) is 11.6 Å². The Kier molecular flexibility index (Phi) is 2.08. The summed E-state index contributed by atoms with van der Waals surface area (Å²) >= 11 is 0. The second-order valence-corrected chi connectivity index (χ2v) is 3.60. The van der Waals surface area contributed by atoms with Crippen LogP contribution in [0.2, 0.25) is 0 Å².